The quantitative estimate of drug-likeness (QED) is 0.620. The molecule has 160 valence electrons. The first-order chi connectivity index (χ1) is 15.2. The van der Waals surface area contributed by atoms with Crippen molar-refractivity contribution in [2.45, 2.75) is 51.1 Å². The first kappa shape index (κ1) is 19.7. The lowest BCUT2D eigenvalue weighted by molar-refractivity contribution is 0.349. The van der Waals surface area contributed by atoms with Gasteiger partial charge in [-0.2, -0.15) is 4.80 Å². The Bertz CT molecular complexity index is 1120. The number of methoxy groups -OCH3 is 2. The van der Waals surface area contributed by atoms with E-state index in [0.29, 0.717) is 24.3 Å². The fraction of sp³-hybridized carbons (Fsp3) is 0.417. The molecule has 7 nitrogen and oxygen atoms in total. The molecule has 0 bridgehead atoms. The highest BCUT2D eigenvalue weighted by Crippen LogP contribution is 2.44. The average molecular weight is 418 g/mol. The zero-order valence-corrected chi connectivity index (χ0v) is 18.2. The summed E-state index contributed by atoms with van der Waals surface area (Å²) in [6.45, 7) is 2.70. The third-order valence-electron chi connectivity index (χ3n) is 6.39. The molecule has 3 aromatic rings. The second kappa shape index (κ2) is 8.13. The van der Waals surface area contributed by atoms with Crippen molar-refractivity contribution in [1.29, 1.82) is 0 Å². The van der Waals surface area contributed by atoms with Gasteiger partial charge in [0.1, 0.15) is 0 Å². The second-order valence-electron chi connectivity index (χ2n) is 8.11. The number of nitrogens with zero attached hydrogens (tertiary/aromatic N) is 5. The first-order valence-corrected chi connectivity index (χ1v) is 10.9. The van der Waals surface area contributed by atoms with Gasteiger partial charge in [-0.05, 0) is 42.7 Å². The van der Waals surface area contributed by atoms with E-state index in [2.05, 4.69) is 39.7 Å². The van der Waals surface area contributed by atoms with Crippen molar-refractivity contribution < 1.29 is 9.47 Å². The number of aromatic nitrogens is 4. The third kappa shape index (κ3) is 3.48. The van der Waals surface area contributed by atoms with Crippen LogP contribution in [0.5, 0.6) is 11.5 Å². The summed E-state index contributed by atoms with van der Waals surface area (Å²) in [5.41, 5.74) is 5.52. The van der Waals surface area contributed by atoms with E-state index in [1.165, 1.54) is 24.8 Å². The predicted octanol–water partition coefficient (Wildman–Crippen LogP) is 4.25. The topological polar surface area (TPSA) is 74.4 Å². The fourth-order valence-electron chi connectivity index (χ4n) is 4.77. The molecule has 1 aliphatic heterocycles. The highest BCUT2D eigenvalue weighted by molar-refractivity contribution is 6.15. The monoisotopic (exact) mass is 417 g/mol. The van der Waals surface area contributed by atoms with E-state index in [1.807, 2.05) is 19.1 Å². The zero-order chi connectivity index (χ0) is 21.4. The molecular weight excluding hydrogens is 390 g/mol. The van der Waals surface area contributed by atoms with Gasteiger partial charge in [-0.3, -0.25) is 4.99 Å². The van der Waals surface area contributed by atoms with Crippen LogP contribution in [0.4, 0.5) is 0 Å². The Morgan fingerprint density at radius 3 is 2.39 bits per heavy atom. The molecular formula is C24H27N5O2. The van der Waals surface area contributed by atoms with E-state index in [-0.39, 0.29) is 0 Å². The number of ether oxygens (including phenoxy) is 2. The lowest BCUT2D eigenvalue weighted by Gasteiger charge is -2.35. The molecule has 1 fully saturated rings. The minimum atomic E-state index is 0.320. The van der Waals surface area contributed by atoms with Gasteiger partial charge >= 0.3 is 0 Å². The third-order valence-corrected chi connectivity index (χ3v) is 6.39. The van der Waals surface area contributed by atoms with E-state index < -0.39 is 0 Å². The van der Waals surface area contributed by atoms with Crippen LogP contribution in [-0.4, -0.2) is 46.2 Å². The minimum Gasteiger partial charge on any atom is -0.493 e. The second-order valence-corrected chi connectivity index (χ2v) is 8.11. The number of hydrogen-bond donors (Lipinski definition) is 0. The molecule has 2 heterocycles. The Hall–Kier alpha value is -3.22. The molecule has 7 heteroatoms. The van der Waals surface area contributed by atoms with Crippen LogP contribution in [0, 0.1) is 0 Å². The first-order valence-electron chi connectivity index (χ1n) is 10.9. The van der Waals surface area contributed by atoms with Gasteiger partial charge < -0.3 is 9.47 Å². The Labute approximate surface area is 182 Å². The van der Waals surface area contributed by atoms with Crippen LogP contribution in [0.3, 0.4) is 0 Å². The standard InChI is InChI=1S/C24H27N5O2/c1-4-29-27-24(26-28-29)16-11-9-15(10-12-16)23-19-14-22(31-3)21(30-2)13-18(19)17-7-5-6-8-20(17)25-23/h9-14,17,20H,4-8H2,1-3H3. The van der Waals surface area contributed by atoms with Crippen molar-refractivity contribution in [3.63, 3.8) is 0 Å². The van der Waals surface area contributed by atoms with Crippen molar-refractivity contribution in [3.05, 3.63) is 53.1 Å². The smallest absolute Gasteiger partial charge is 0.204 e. The minimum absolute atomic E-state index is 0.320. The largest absolute Gasteiger partial charge is 0.493 e. The summed E-state index contributed by atoms with van der Waals surface area (Å²) in [4.78, 5) is 6.83. The normalized spacial score (nSPS) is 19.9. The SMILES string of the molecule is CCn1nnc(-c2ccc(C3=NC4CCCCC4c4cc(OC)c(OC)cc43)cc2)n1. The number of fused-ring (bicyclic) bond motifs is 3. The van der Waals surface area contributed by atoms with E-state index in [0.717, 1.165) is 40.3 Å². The van der Waals surface area contributed by atoms with Gasteiger partial charge in [-0.15, -0.1) is 10.2 Å². The maximum absolute atomic E-state index is 5.61. The molecule has 2 aromatic carbocycles. The molecule has 31 heavy (non-hydrogen) atoms. The van der Waals surface area contributed by atoms with Crippen LogP contribution in [0.15, 0.2) is 41.4 Å². The summed E-state index contributed by atoms with van der Waals surface area (Å²) in [7, 11) is 3.38. The van der Waals surface area contributed by atoms with E-state index >= 15 is 0 Å². The summed E-state index contributed by atoms with van der Waals surface area (Å²) in [6.07, 6.45) is 4.78. The number of rotatable bonds is 5. The number of aryl methyl sites for hydroxylation is 1. The lowest BCUT2D eigenvalue weighted by Crippen LogP contribution is -2.29. The van der Waals surface area contributed by atoms with Crippen molar-refractivity contribution >= 4 is 5.71 Å². The molecule has 2 aliphatic rings. The van der Waals surface area contributed by atoms with E-state index in [4.69, 9.17) is 14.5 Å². The van der Waals surface area contributed by atoms with Gasteiger partial charge in [0, 0.05) is 22.6 Å². The summed E-state index contributed by atoms with van der Waals surface area (Å²) in [5, 5.41) is 12.6. The van der Waals surface area contributed by atoms with Gasteiger partial charge in [-0.1, -0.05) is 37.1 Å². The van der Waals surface area contributed by atoms with Crippen LogP contribution < -0.4 is 9.47 Å². The molecule has 0 spiro atoms. The fourth-order valence-corrected chi connectivity index (χ4v) is 4.77. The number of aliphatic imine (C=N–C) groups is 1. The molecule has 1 saturated carbocycles. The molecule has 5 rings (SSSR count). The summed E-state index contributed by atoms with van der Waals surface area (Å²) >= 11 is 0. The molecule has 0 saturated heterocycles. The molecule has 1 aliphatic carbocycles. The van der Waals surface area contributed by atoms with Gasteiger partial charge in [0.2, 0.25) is 5.82 Å². The summed E-state index contributed by atoms with van der Waals surface area (Å²) in [5.74, 6) is 2.60. The van der Waals surface area contributed by atoms with Crippen LogP contribution in [-0.2, 0) is 6.54 Å². The molecule has 1 aromatic heterocycles. The summed E-state index contributed by atoms with van der Waals surface area (Å²) < 4.78 is 11.2. The summed E-state index contributed by atoms with van der Waals surface area (Å²) in [6, 6.07) is 12.9. The van der Waals surface area contributed by atoms with E-state index in [1.54, 1.807) is 19.0 Å². The highest BCUT2D eigenvalue weighted by Gasteiger charge is 2.34. The molecule has 0 amide bonds. The maximum atomic E-state index is 5.61. The predicted molar refractivity (Wildman–Crippen MR) is 119 cm³/mol. The van der Waals surface area contributed by atoms with Gasteiger partial charge in [0.05, 0.1) is 32.5 Å². The zero-order valence-electron chi connectivity index (χ0n) is 18.2. The molecule has 2 unspecified atom stereocenters. The Morgan fingerprint density at radius 1 is 0.968 bits per heavy atom. The number of hydrogen-bond acceptors (Lipinski definition) is 6. The Morgan fingerprint density at radius 2 is 1.68 bits per heavy atom. The van der Waals surface area contributed by atoms with Crippen LogP contribution in [0.25, 0.3) is 11.4 Å². The van der Waals surface area contributed by atoms with Crippen LogP contribution in [0.2, 0.25) is 0 Å². The Balaban J connectivity index is 1.57. The number of benzene rings is 2. The van der Waals surface area contributed by atoms with Gasteiger partial charge in [-0.25, -0.2) is 0 Å². The van der Waals surface area contributed by atoms with Crippen LogP contribution in [0.1, 0.15) is 55.2 Å². The highest BCUT2D eigenvalue weighted by atomic mass is 16.5. The average Bonchev–Trinajstić information content (AvgIpc) is 3.32. The van der Waals surface area contributed by atoms with Crippen molar-refractivity contribution in [3.8, 4) is 22.9 Å². The van der Waals surface area contributed by atoms with E-state index in [9.17, 15) is 0 Å². The Kier molecular flexibility index (Phi) is 5.18. The van der Waals surface area contributed by atoms with Gasteiger partial charge in [0.15, 0.2) is 11.5 Å². The van der Waals surface area contributed by atoms with Crippen molar-refractivity contribution in [2.24, 2.45) is 4.99 Å². The van der Waals surface area contributed by atoms with Crippen molar-refractivity contribution in [1.82, 2.24) is 20.2 Å². The van der Waals surface area contributed by atoms with Crippen molar-refractivity contribution in [2.75, 3.05) is 14.2 Å². The molecule has 0 N–H and O–H groups in total. The van der Waals surface area contributed by atoms with Gasteiger partial charge in [0.25, 0.3) is 0 Å². The maximum Gasteiger partial charge on any atom is 0.204 e. The van der Waals surface area contributed by atoms with Crippen LogP contribution >= 0.6 is 0 Å². The lowest BCUT2D eigenvalue weighted by atomic mass is 9.75. The molecule has 2 atom stereocenters. The molecule has 0 radical (unpaired) electrons. The number of tetrazole rings is 1.